The Morgan fingerprint density at radius 2 is 1.74 bits per heavy atom. The summed E-state index contributed by atoms with van der Waals surface area (Å²) in [6.07, 6.45) is 1.35. The number of nitrogens with two attached hydrogens (primary N) is 1. The van der Waals surface area contributed by atoms with Gasteiger partial charge in [-0.3, -0.25) is 4.79 Å². The molecule has 0 spiro atoms. The van der Waals surface area contributed by atoms with Crippen LogP contribution in [0.15, 0.2) is 59.2 Å². The predicted octanol–water partition coefficient (Wildman–Crippen LogP) is 3.01. The average molecular weight is 364 g/mol. The van der Waals surface area contributed by atoms with Crippen LogP contribution in [-0.4, -0.2) is 37.2 Å². The molecule has 138 valence electrons. The topological polar surface area (TPSA) is 93.6 Å². The number of rotatable bonds is 4. The van der Waals surface area contributed by atoms with Gasteiger partial charge in [-0.05, 0) is 48.5 Å². The molecule has 1 amide bonds. The Labute approximate surface area is 156 Å². The molecule has 1 fully saturated rings. The van der Waals surface area contributed by atoms with E-state index in [9.17, 15) is 4.79 Å². The number of aromatic nitrogens is 1. The quantitative estimate of drug-likeness (QED) is 0.691. The predicted molar refractivity (Wildman–Crippen MR) is 104 cm³/mol. The number of hydrogen-bond acceptors (Lipinski definition) is 6. The van der Waals surface area contributed by atoms with Crippen LogP contribution in [0.25, 0.3) is 11.5 Å². The van der Waals surface area contributed by atoms with Crippen molar-refractivity contribution in [2.75, 3.05) is 42.3 Å². The molecule has 27 heavy (non-hydrogen) atoms. The Morgan fingerprint density at radius 1 is 1.04 bits per heavy atom. The number of oxazole rings is 1. The van der Waals surface area contributed by atoms with Gasteiger partial charge in [-0.25, -0.2) is 4.98 Å². The van der Waals surface area contributed by atoms with Gasteiger partial charge in [-0.15, -0.1) is 0 Å². The highest BCUT2D eigenvalue weighted by Crippen LogP contribution is 2.22. The molecular weight excluding hydrogens is 344 g/mol. The molecule has 3 aromatic rings. The fraction of sp³-hybridized carbons (Fsp3) is 0.200. The summed E-state index contributed by atoms with van der Waals surface area (Å²) in [5, 5.41) is 2.84. The van der Waals surface area contributed by atoms with Gasteiger partial charge in [-0.2, -0.15) is 0 Å². The van der Waals surface area contributed by atoms with Crippen LogP contribution in [0, 0.1) is 0 Å². The minimum atomic E-state index is -0.320. The third-order valence-corrected chi connectivity index (χ3v) is 4.40. The van der Waals surface area contributed by atoms with Gasteiger partial charge < -0.3 is 25.1 Å². The first-order valence-electron chi connectivity index (χ1n) is 8.74. The van der Waals surface area contributed by atoms with Gasteiger partial charge in [0.1, 0.15) is 6.26 Å². The van der Waals surface area contributed by atoms with Crippen LogP contribution >= 0.6 is 0 Å². The number of nitrogens with one attached hydrogen (secondary N) is 1. The number of amides is 1. The summed E-state index contributed by atoms with van der Waals surface area (Å²) in [6, 6.07) is 14.9. The highest BCUT2D eigenvalue weighted by molar-refractivity contribution is 6.03. The second-order valence-corrected chi connectivity index (χ2v) is 6.26. The van der Waals surface area contributed by atoms with Gasteiger partial charge in [0.05, 0.1) is 13.2 Å². The molecule has 1 saturated heterocycles. The van der Waals surface area contributed by atoms with Gasteiger partial charge in [0.2, 0.25) is 5.89 Å². The van der Waals surface area contributed by atoms with E-state index in [1.807, 2.05) is 24.3 Å². The number of ether oxygens (including phenoxy) is 1. The smallest absolute Gasteiger partial charge is 0.277 e. The Hall–Kier alpha value is -3.32. The van der Waals surface area contributed by atoms with Crippen molar-refractivity contribution < 1.29 is 13.9 Å². The van der Waals surface area contributed by atoms with Crippen molar-refractivity contribution in [3.8, 4) is 11.5 Å². The molecule has 0 saturated carbocycles. The minimum Gasteiger partial charge on any atom is -0.444 e. The summed E-state index contributed by atoms with van der Waals surface area (Å²) in [5.74, 6) is 0.0578. The van der Waals surface area contributed by atoms with Crippen LogP contribution in [0.2, 0.25) is 0 Å². The van der Waals surface area contributed by atoms with E-state index in [0.29, 0.717) is 17.3 Å². The number of nitrogens with zero attached hydrogens (tertiary/aromatic N) is 2. The van der Waals surface area contributed by atoms with E-state index >= 15 is 0 Å². The van der Waals surface area contributed by atoms with E-state index in [1.54, 1.807) is 24.3 Å². The monoisotopic (exact) mass is 364 g/mol. The van der Waals surface area contributed by atoms with Crippen LogP contribution in [0.5, 0.6) is 0 Å². The maximum absolute atomic E-state index is 12.4. The normalized spacial score (nSPS) is 14.1. The van der Waals surface area contributed by atoms with E-state index < -0.39 is 0 Å². The lowest BCUT2D eigenvalue weighted by molar-refractivity contribution is 0.102. The summed E-state index contributed by atoms with van der Waals surface area (Å²) in [5.41, 5.74) is 9.13. The summed E-state index contributed by atoms with van der Waals surface area (Å²) in [6.45, 7) is 3.22. The minimum absolute atomic E-state index is 0.221. The third kappa shape index (κ3) is 3.93. The molecule has 2 heterocycles. The second kappa shape index (κ2) is 7.51. The van der Waals surface area contributed by atoms with E-state index in [1.165, 1.54) is 6.26 Å². The van der Waals surface area contributed by atoms with Crippen molar-refractivity contribution in [3.63, 3.8) is 0 Å². The molecule has 3 N–H and O–H groups in total. The fourth-order valence-corrected chi connectivity index (χ4v) is 2.91. The van der Waals surface area contributed by atoms with Gasteiger partial charge in [0.15, 0.2) is 5.69 Å². The Morgan fingerprint density at radius 3 is 2.44 bits per heavy atom. The van der Waals surface area contributed by atoms with E-state index in [2.05, 4.69) is 15.2 Å². The molecule has 1 aliphatic heterocycles. The van der Waals surface area contributed by atoms with Crippen molar-refractivity contribution in [1.82, 2.24) is 4.98 Å². The number of anilines is 3. The SMILES string of the molecule is Nc1ccc(-c2nc(C(=O)Nc3ccc(N4CCOCC4)cc3)co2)cc1. The fourth-order valence-electron chi connectivity index (χ4n) is 2.91. The molecule has 1 aromatic heterocycles. The maximum Gasteiger partial charge on any atom is 0.277 e. The lowest BCUT2D eigenvalue weighted by Gasteiger charge is -2.28. The molecule has 2 aromatic carbocycles. The van der Waals surface area contributed by atoms with Gasteiger partial charge in [0, 0.05) is 35.7 Å². The molecule has 7 nitrogen and oxygen atoms in total. The van der Waals surface area contributed by atoms with Crippen LogP contribution in [0.4, 0.5) is 17.1 Å². The number of hydrogen-bond donors (Lipinski definition) is 2. The zero-order valence-electron chi connectivity index (χ0n) is 14.7. The highest BCUT2D eigenvalue weighted by Gasteiger charge is 2.15. The molecule has 1 aliphatic rings. The number of carbonyl (C=O) groups excluding carboxylic acids is 1. The van der Waals surface area contributed by atoms with Crippen LogP contribution in [0.3, 0.4) is 0 Å². The summed E-state index contributed by atoms with van der Waals surface area (Å²) >= 11 is 0. The number of morpholine rings is 1. The Bertz CT molecular complexity index is 913. The molecule has 4 rings (SSSR count). The van der Waals surface area contributed by atoms with Crippen molar-refractivity contribution in [3.05, 3.63) is 60.5 Å². The van der Waals surface area contributed by atoms with E-state index in [-0.39, 0.29) is 11.6 Å². The number of carbonyl (C=O) groups is 1. The second-order valence-electron chi connectivity index (χ2n) is 6.26. The lowest BCUT2D eigenvalue weighted by atomic mass is 10.2. The van der Waals surface area contributed by atoms with E-state index in [0.717, 1.165) is 37.6 Å². The molecule has 7 heteroatoms. The van der Waals surface area contributed by atoms with Crippen molar-refractivity contribution in [1.29, 1.82) is 0 Å². The van der Waals surface area contributed by atoms with Gasteiger partial charge in [0.25, 0.3) is 5.91 Å². The first-order valence-corrected chi connectivity index (χ1v) is 8.74. The largest absolute Gasteiger partial charge is 0.444 e. The highest BCUT2D eigenvalue weighted by atomic mass is 16.5. The van der Waals surface area contributed by atoms with Gasteiger partial charge in [-0.1, -0.05) is 0 Å². The maximum atomic E-state index is 12.4. The summed E-state index contributed by atoms with van der Waals surface area (Å²) < 4.78 is 10.8. The molecule has 0 unspecified atom stereocenters. The molecule has 0 radical (unpaired) electrons. The summed E-state index contributed by atoms with van der Waals surface area (Å²) in [7, 11) is 0. The third-order valence-electron chi connectivity index (χ3n) is 4.40. The number of benzene rings is 2. The Balaban J connectivity index is 1.42. The van der Waals surface area contributed by atoms with Crippen LogP contribution < -0.4 is 16.0 Å². The van der Waals surface area contributed by atoms with Crippen molar-refractivity contribution in [2.24, 2.45) is 0 Å². The summed E-state index contributed by atoms with van der Waals surface area (Å²) in [4.78, 5) is 18.9. The molecule has 0 bridgehead atoms. The molecule has 0 aliphatic carbocycles. The van der Waals surface area contributed by atoms with Gasteiger partial charge >= 0.3 is 0 Å². The average Bonchev–Trinajstić information content (AvgIpc) is 3.20. The molecular formula is C20H20N4O3. The van der Waals surface area contributed by atoms with Crippen LogP contribution in [0.1, 0.15) is 10.5 Å². The first-order chi connectivity index (χ1) is 13.2. The zero-order valence-corrected chi connectivity index (χ0v) is 14.7. The van der Waals surface area contributed by atoms with Crippen molar-refractivity contribution >= 4 is 23.0 Å². The Kier molecular flexibility index (Phi) is 4.76. The standard InChI is InChI=1S/C20H20N4O3/c21-15-3-1-14(2-4-15)20-23-18(13-27-20)19(25)22-16-5-7-17(8-6-16)24-9-11-26-12-10-24/h1-8,13H,9-12,21H2,(H,22,25). The van der Waals surface area contributed by atoms with Crippen LogP contribution in [-0.2, 0) is 4.74 Å². The number of nitrogen functional groups attached to an aromatic ring is 1. The molecule has 0 atom stereocenters. The van der Waals surface area contributed by atoms with E-state index in [4.69, 9.17) is 14.9 Å². The first kappa shape index (κ1) is 17.1. The van der Waals surface area contributed by atoms with Crippen molar-refractivity contribution in [2.45, 2.75) is 0 Å². The zero-order chi connectivity index (χ0) is 18.6. The lowest BCUT2D eigenvalue weighted by Crippen LogP contribution is -2.36.